The summed E-state index contributed by atoms with van der Waals surface area (Å²) in [4.78, 5) is 16.7. The van der Waals surface area contributed by atoms with Crippen LogP contribution in [0, 0.1) is 5.41 Å². The number of hydrogen-bond donors (Lipinski definition) is 4. The Hall–Kier alpha value is -3.71. The first kappa shape index (κ1) is 17.7. The van der Waals surface area contributed by atoms with Crippen molar-refractivity contribution in [2.24, 2.45) is 0 Å². The second kappa shape index (κ2) is 7.89. The summed E-state index contributed by atoms with van der Waals surface area (Å²) in [6.07, 6.45) is 0. The first-order valence-electron chi connectivity index (χ1n) is 8.61. The van der Waals surface area contributed by atoms with E-state index in [1.165, 1.54) is 11.3 Å². The van der Waals surface area contributed by atoms with Gasteiger partial charge in [0.25, 0.3) is 0 Å². The molecule has 0 atom stereocenters. The maximum atomic E-state index is 12.3. The average Bonchev–Trinajstić information content (AvgIpc) is 3.17. The van der Waals surface area contributed by atoms with Crippen LogP contribution in [0.4, 0.5) is 15.6 Å². The van der Waals surface area contributed by atoms with E-state index in [2.05, 4.69) is 20.9 Å². The van der Waals surface area contributed by atoms with E-state index >= 15 is 0 Å². The van der Waals surface area contributed by atoms with Gasteiger partial charge < -0.3 is 10.6 Å². The van der Waals surface area contributed by atoms with Gasteiger partial charge >= 0.3 is 6.03 Å². The van der Waals surface area contributed by atoms with Crippen LogP contribution in [0.3, 0.4) is 0 Å². The van der Waals surface area contributed by atoms with Crippen LogP contribution in [0.1, 0.15) is 0 Å². The Morgan fingerprint density at radius 3 is 2.50 bits per heavy atom. The van der Waals surface area contributed by atoms with Crippen LogP contribution in [-0.4, -0.2) is 17.0 Å². The number of benzene rings is 3. The molecule has 1 aromatic heterocycles. The Morgan fingerprint density at radius 1 is 0.893 bits per heavy atom. The van der Waals surface area contributed by atoms with Crippen LogP contribution < -0.4 is 16.0 Å². The van der Waals surface area contributed by atoms with Gasteiger partial charge in [-0.25, -0.2) is 9.78 Å². The molecule has 0 unspecified atom stereocenters. The molecule has 0 spiro atoms. The highest BCUT2D eigenvalue weighted by Crippen LogP contribution is 2.25. The molecule has 138 valence electrons. The molecule has 4 rings (SSSR count). The number of nitrogens with one attached hydrogen (secondary N) is 4. The fraction of sp³-hybridized carbons (Fsp3) is 0. The number of aromatic nitrogens is 1. The molecule has 0 fully saturated rings. The number of urea groups is 1. The Balaban J connectivity index is 1.39. The lowest BCUT2D eigenvalue weighted by Gasteiger charge is -2.11. The number of amides is 2. The predicted octanol–water partition coefficient (Wildman–Crippen LogP) is 5.13. The minimum Gasteiger partial charge on any atom is -0.307 e. The van der Waals surface area contributed by atoms with E-state index in [0.717, 1.165) is 22.0 Å². The van der Waals surface area contributed by atoms with Gasteiger partial charge in [-0.1, -0.05) is 66.7 Å². The summed E-state index contributed by atoms with van der Waals surface area (Å²) < 4.78 is 0. The molecule has 0 saturated carbocycles. The molecule has 28 heavy (non-hydrogen) atoms. The van der Waals surface area contributed by atoms with Crippen molar-refractivity contribution in [3.8, 4) is 11.3 Å². The molecule has 0 bridgehead atoms. The van der Waals surface area contributed by atoms with E-state index in [9.17, 15) is 4.79 Å². The summed E-state index contributed by atoms with van der Waals surface area (Å²) in [5.74, 6) is -0.147. The second-order valence-electron chi connectivity index (χ2n) is 6.01. The van der Waals surface area contributed by atoms with Crippen LogP contribution >= 0.6 is 11.3 Å². The molecule has 6 nitrogen and oxygen atoms in total. The van der Waals surface area contributed by atoms with E-state index in [1.807, 2.05) is 78.2 Å². The number of hydrogen-bond acceptors (Lipinski definition) is 4. The quantitative estimate of drug-likeness (QED) is 0.290. The van der Waals surface area contributed by atoms with Crippen molar-refractivity contribution < 1.29 is 4.79 Å². The highest BCUT2D eigenvalue weighted by molar-refractivity contribution is 7.14. The molecular weight excluding hydrogens is 370 g/mol. The third-order valence-corrected chi connectivity index (χ3v) is 4.84. The summed E-state index contributed by atoms with van der Waals surface area (Å²) in [5.41, 5.74) is 2.50. The van der Waals surface area contributed by atoms with Crippen LogP contribution in [0.2, 0.25) is 0 Å². The zero-order chi connectivity index (χ0) is 19.3. The molecule has 4 N–H and O–H groups in total. The highest BCUT2D eigenvalue weighted by Gasteiger charge is 2.10. The SMILES string of the molecule is N=C(NC(=O)Nc1cccc2ccccc12)Nc1nc(-c2ccccc2)cs1. The number of carbonyl (C=O) groups is 1. The molecule has 0 aliphatic carbocycles. The number of rotatable bonds is 3. The number of nitrogens with zero attached hydrogens (tertiary/aromatic N) is 1. The minimum atomic E-state index is -0.492. The molecule has 3 aromatic carbocycles. The molecule has 4 aromatic rings. The maximum Gasteiger partial charge on any atom is 0.326 e. The van der Waals surface area contributed by atoms with Crippen LogP contribution in [0.5, 0.6) is 0 Å². The molecule has 0 saturated heterocycles. The van der Waals surface area contributed by atoms with Crippen molar-refractivity contribution in [1.82, 2.24) is 10.3 Å². The van der Waals surface area contributed by atoms with E-state index < -0.39 is 6.03 Å². The normalized spacial score (nSPS) is 10.4. The van der Waals surface area contributed by atoms with Crippen LogP contribution in [0.25, 0.3) is 22.0 Å². The van der Waals surface area contributed by atoms with Gasteiger partial charge in [-0.15, -0.1) is 11.3 Å². The summed E-state index contributed by atoms with van der Waals surface area (Å²) in [5, 5.41) is 20.5. The van der Waals surface area contributed by atoms with Gasteiger partial charge in [-0.3, -0.25) is 10.7 Å². The van der Waals surface area contributed by atoms with Gasteiger partial charge in [-0.2, -0.15) is 0 Å². The van der Waals surface area contributed by atoms with Gasteiger partial charge in [-0.05, 0) is 11.5 Å². The molecule has 2 amide bonds. The average molecular weight is 387 g/mol. The Labute approximate surface area is 165 Å². The van der Waals surface area contributed by atoms with Gasteiger partial charge in [0.1, 0.15) is 0 Å². The first-order valence-corrected chi connectivity index (χ1v) is 9.49. The van der Waals surface area contributed by atoms with Crippen molar-refractivity contribution >= 4 is 44.9 Å². The number of thiazole rings is 1. The molecule has 0 aliphatic heterocycles. The van der Waals surface area contributed by atoms with Crippen molar-refractivity contribution in [2.45, 2.75) is 0 Å². The van der Waals surface area contributed by atoms with Crippen LogP contribution in [-0.2, 0) is 0 Å². The van der Waals surface area contributed by atoms with E-state index in [-0.39, 0.29) is 5.96 Å². The lowest BCUT2D eigenvalue weighted by molar-refractivity contribution is 0.256. The molecule has 0 aliphatic rings. The number of fused-ring (bicyclic) bond motifs is 1. The predicted molar refractivity (Wildman–Crippen MR) is 115 cm³/mol. The number of carbonyl (C=O) groups excluding carboxylic acids is 1. The van der Waals surface area contributed by atoms with E-state index in [1.54, 1.807) is 0 Å². The lowest BCUT2D eigenvalue weighted by atomic mass is 10.1. The van der Waals surface area contributed by atoms with Crippen molar-refractivity contribution in [3.63, 3.8) is 0 Å². The molecular formula is C21H17N5OS. The standard InChI is InChI=1S/C21H17N5OS/c22-19(26-21-24-18(13-28-21)15-8-2-1-3-9-15)25-20(27)23-17-12-6-10-14-7-4-5-11-16(14)17/h1-13H,(H4,22,23,24,25,26,27). The maximum absolute atomic E-state index is 12.3. The van der Waals surface area contributed by atoms with Crippen molar-refractivity contribution in [1.29, 1.82) is 5.41 Å². The third kappa shape index (κ3) is 3.99. The van der Waals surface area contributed by atoms with E-state index in [4.69, 9.17) is 5.41 Å². The topological polar surface area (TPSA) is 89.9 Å². The minimum absolute atomic E-state index is 0.147. The third-order valence-electron chi connectivity index (χ3n) is 4.08. The Kier molecular flexibility index (Phi) is 4.99. The monoisotopic (exact) mass is 387 g/mol. The largest absolute Gasteiger partial charge is 0.326 e. The molecule has 1 heterocycles. The Bertz CT molecular complexity index is 1130. The zero-order valence-corrected chi connectivity index (χ0v) is 15.6. The van der Waals surface area contributed by atoms with Gasteiger partial charge in [0.05, 0.1) is 11.4 Å². The van der Waals surface area contributed by atoms with Gasteiger partial charge in [0.15, 0.2) is 5.13 Å². The van der Waals surface area contributed by atoms with Gasteiger partial charge in [0.2, 0.25) is 5.96 Å². The fourth-order valence-electron chi connectivity index (χ4n) is 2.81. The molecule has 7 heteroatoms. The summed E-state index contributed by atoms with van der Waals surface area (Å²) in [6.45, 7) is 0. The fourth-order valence-corrected chi connectivity index (χ4v) is 3.54. The smallest absolute Gasteiger partial charge is 0.307 e. The zero-order valence-electron chi connectivity index (χ0n) is 14.8. The second-order valence-corrected chi connectivity index (χ2v) is 6.87. The molecule has 0 radical (unpaired) electrons. The van der Waals surface area contributed by atoms with Gasteiger partial charge in [0, 0.05) is 16.3 Å². The van der Waals surface area contributed by atoms with Crippen molar-refractivity contribution in [3.05, 3.63) is 78.2 Å². The van der Waals surface area contributed by atoms with Crippen LogP contribution in [0.15, 0.2) is 78.2 Å². The highest BCUT2D eigenvalue weighted by atomic mass is 32.1. The summed E-state index contributed by atoms with van der Waals surface area (Å²) in [7, 11) is 0. The Morgan fingerprint density at radius 2 is 1.64 bits per heavy atom. The summed E-state index contributed by atoms with van der Waals surface area (Å²) >= 11 is 1.37. The van der Waals surface area contributed by atoms with Crippen molar-refractivity contribution in [2.75, 3.05) is 10.6 Å². The van der Waals surface area contributed by atoms with E-state index in [0.29, 0.717) is 10.8 Å². The first-order chi connectivity index (χ1) is 13.7. The summed E-state index contributed by atoms with van der Waals surface area (Å²) in [6, 6.07) is 22.8. The lowest BCUT2D eigenvalue weighted by Crippen LogP contribution is -2.38. The number of anilines is 2. The number of guanidine groups is 1.